The molecule has 0 aliphatic carbocycles. The Morgan fingerprint density at radius 2 is 2.36 bits per heavy atom. The normalized spacial score (nSPS) is 10.4. The summed E-state index contributed by atoms with van der Waals surface area (Å²) in [7, 11) is 1.78. The molecule has 2 aromatic rings. The van der Waals surface area contributed by atoms with E-state index in [1.807, 2.05) is 0 Å². The Kier molecular flexibility index (Phi) is 2.10. The molecule has 0 aliphatic rings. The van der Waals surface area contributed by atoms with Gasteiger partial charge in [0.2, 0.25) is 0 Å². The van der Waals surface area contributed by atoms with Crippen LogP contribution < -0.4 is 5.56 Å². The molecule has 14 heavy (non-hydrogen) atoms. The Labute approximate surface area is 79.9 Å². The van der Waals surface area contributed by atoms with Crippen molar-refractivity contribution in [2.45, 2.75) is 6.54 Å². The molecule has 2 heterocycles. The largest absolute Gasteiger partial charge is 0.292 e. The van der Waals surface area contributed by atoms with Crippen LogP contribution in [0.3, 0.4) is 0 Å². The van der Waals surface area contributed by atoms with Crippen LogP contribution in [-0.4, -0.2) is 24.3 Å². The fourth-order valence-corrected chi connectivity index (χ4v) is 1.11. The van der Waals surface area contributed by atoms with Gasteiger partial charge in [0.05, 0.1) is 12.9 Å². The fourth-order valence-electron chi connectivity index (χ4n) is 1.11. The lowest BCUT2D eigenvalue weighted by molar-refractivity contribution is 0.633. The molecular formula is C8H9N5O. The van der Waals surface area contributed by atoms with E-state index in [0.717, 1.165) is 5.82 Å². The van der Waals surface area contributed by atoms with E-state index >= 15 is 0 Å². The molecule has 6 nitrogen and oxygen atoms in total. The second-order valence-corrected chi connectivity index (χ2v) is 2.85. The predicted molar refractivity (Wildman–Crippen MR) is 48.6 cm³/mol. The molecule has 6 heteroatoms. The predicted octanol–water partition coefficient (Wildman–Crippen LogP) is -0.580. The summed E-state index contributed by atoms with van der Waals surface area (Å²) in [5.74, 6) is 0.722. The van der Waals surface area contributed by atoms with Gasteiger partial charge in [-0.1, -0.05) is 0 Å². The van der Waals surface area contributed by atoms with Crippen LogP contribution in [0.5, 0.6) is 0 Å². The van der Waals surface area contributed by atoms with E-state index in [-0.39, 0.29) is 5.56 Å². The van der Waals surface area contributed by atoms with Crippen LogP contribution in [0.1, 0.15) is 5.82 Å². The van der Waals surface area contributed by atoms with Gasteiger partial charge in [0, 0.05) is 19.3 Å². The Morgan fingerprint density at radius 1 is 1.50 bits per heavy atom. The standard InChI is InChI=1S/C8H9N5O/c1-12-7(10-5-11-12)4-13-6-9-3-2-8(13)14/h2-3,5-6H,4H2,1H3. The van der Waals surface area contributed by atoms with Gasteiger partial charge in [0.1, 0.15) is 12.2 Å². The van der Waals surface area contributed by atoms with Gasteiger partial charge in [0.25, 0.3) is 5.56 Å². The lowest BCUT2D eigenvalue weighted by atomic mass is 10.5. The van der Waals surface area contributed by atoms with E-state index in [4.69, 9.17) is 0 Å². The maximum Gasteiger partial charge on any atom is 0.253 e. The minimum absolute atomic E-state index is 0.0944. The van der Waals surface area contributed by atoms with Crippen LogP contribution in [-0.2, 0) is 13.6 Å². The summed E-state index contributed by atoms with van der Waals surface area (Å²) >= 11 is 0. The second-order valence-electron chi connectivity index (χ2n) is 2.85. The molecular weight excluding hydrogens is 182 g/mol. The van der Waals surface area contributed by atoms with Crippen molar-refractivity contribution >= 4 is 0 Å². The summed E-state index contributed by atoms with van der Waals surface area (Å²) in [6.45, 7) is 0.392. The Morgan fingerprint density at radius 3 is 3.00 bits per heavy atom. The van der Waals surface area contributed by atoms with Crippen LogP contribution in [0.25, 0.3) is 0 Å². The van der Waals surface area contributed by atoms with E-state index in [1.54, 1.807) is 11.7 Å². The highest BCUT2D eigenvalue weighted by Gasteiger charge is 2.02. The third-order valence-corrected chi connectivity index (χ3v) is 1.91. The van der Waals surface area contributed by atoms with Gasteiger partial charge in [-0.15, -0.1) is 0 Å². The molecule has 72 valence electrons. The number of aryl methyl sites for hydroxylation is 1. The van der Waals surface area contributed by atoms with Crippen LogP contribution in [0.15, 0.2) is 29.7 Å². The highest BCUT2D eigenvalue weighted by atomic mass is 16.1. The fraction of sp³-hybridized carbons (Fsp3) is 0.250. The number of hydrogen-bond donors (Lipinski definition) is 0. The van der Waals surface area contributed by atoms with Crippen molar-refractivity contribution in [1.82, 2.24) is 24.3 Å². The lowest BCUT2D eigenvalue weighted by Crippen LogP contribution is -2.21. The average molecular weight is 191 g/mol. The minimum Gasteiger partial charge on any atom is -0.292 e. The molecule has 0 fully saturated rings. The van der Waals surface area contributed by atoms with Gasteiger partial charge in [-0.05, 0) is 0 Å². The van der Waals surface area contributed by atoms with Crippen molar-refractivity contribution in [3.05, 3.63) is 41.1 Å². The summed E-state index contributed by atoms with van der Waals surface area (Å²) in [5.41, 5.74) is -0.0944. The molecule has 0 aliphatic heterocycles. The molecule has 0 amide bonds. The van der Waals surface area contributed by atoms with Crippen molar-refractivity contribution < 1.29 is 0 Å². The summed E-state index contributed by atoms with van der Waals surface area (Å²) in [4.78, 5) is 19.2. The topological polar surface area (TPSA) is 65.6 Å². The highest BCUT2D eigenvalue weighted by molar-refractivity contribution is 4.89. The van der Waals surface area contributed by atoms with Gasteiger partial charge in [-0.3, -0.25) is 14.0 Å². The van der Waals surface area contributed by atoms with Gasteiger partial charge < -0.3 is 0 Å². The number of hydrogen-bond acceptors (Lipinski definition) is 4. The average Bonchev–Trinajstić information content (AvgIpc) is 2.56. The van der Waals surface area contributed by atoms with Crippen molar-refractivity contribution in [1.29, 1.82) is 0 Å². The molecule has 0 saturated carbocycles. The van der Waals surface area contributed by atoms with Crippen LogP contribution in [0, 0.1) is 0 Å². The summed E-state index contributed by atoms with van der Waals surface area (Å²) in [5, 5.41) is 3.91. The third kappa shape index (κ3) is 1.54. The van der Waals surface area contributed by atoms with E-state index in [2.05, 4.69) is 15.1 Å². The van der Waals surface area contributed by atoms with Gasteiger partial charge in [0.15, 0.2) is 0 Å². The van der Waals surface area contributed by atoms with Crippen molar-refractivity contribution in [3.8, 4) is 0 Å². The molecule has 2 rings (SSSR count). The van der Waals surface area contributed by atoms with Crippen LogP contribution in [0.4, 0.5) is 0 Å². The Bertz CT molecular complexity index is 486. The van der Waals surface area contributed by atoms with Crippen molar-refractivity contribution in [3.63, 3.8) is 0 Å². The summed E-state index contributed by atoms with van der Waals surface area (Å²) in [6.07, 6.45) is 4.41. The molecule has 2 aromatic heterocycles. The smallest absolute Gasteiger partial charge is 0.253 e. The number of rotatable bonds is 2. The molecule has 0 saturated heterocycles. The lowest BCUT2D eigenvalue weighted by Gasteiger charge is -2.02. The maximum atomic E-state index is 11.3. The van der Waals surface area contributed by atoms with E-state index in [1.165, 1.54) is 29.5 Å². The van der Waals surface area contributed by atoms with Gasteiger partial charge in [-0.25, -0.2) is 9.97 Å². The maximum absolute atomic E-state index is 11.3. The zero-order valence-corrected chi connectivity index (χ0v) is 7.66. The Balaban J connectivity index is 2.32. The van der Waals surface area contributed by atoms with E-state index in [0.29, 0.717) is 6.54 Å². The molecule has 0 atom stereocenters. The summed E-state index contributed by atoms with van der Waals surface area (Å²) in [6, 6.07) is 1.41. The van der Waals surface area contributed by atoms with Crippen LogP contribution in [0.2, 0.25) is 0 Å². The van der Waals surface area contributed by atoms with Gasteiger partial charge in [-0.2, -0.15) is 5.10 Å². The monoisotopic (exact) mass is 191 g/mol. The molecule has 0 unspecified atom stereocenters. The molecule has 0 spiro atoms. The van der Waals surface area contributed by atoms with Crippen molar-refractivity contribution in [2.24, 2.45) is 7.05 Å². The second kappa shape index (κ2) is 3.41. The first-order chi connectivity index (χ1) is 6.77. The first kappa shape index (κ1) is 8.61. The minimum atomic E-state index is -0.0944. The summed E-state index contributed by atoms with van der Waals surface area (Å²) < 4.78 is 3.10. The molecule has 0 bridgehead atoms. The molecule has 0 radical (unpaired) electrons. The third-order valence-electron chi connectivity index (χ3n) is 1.91. The van der Waals surface area contributed by atoms with Crippen LogP contribution >= 0.6 is 0 Å². The van der Waals surface area contributed by atoms with E-state index < -0.39 is 0 Å². The first-order valence-electron chi connectivity index (χ1n) is 4.10. The highest BCUT2D eigenvalue weighted by Crippen LogP contribution is 1.92. The zero-order valence-electron chi connectivity index (χ0n) is 7.66. The number of nitrogens with zero attached hydrogens (tertiary/aromatic N) is 5. The Hall–Kier alpha value is -1.98. The number of aromatic nitrogens is 5. The molecule has 0 aromatic carbocycles. The molecule has 0 N–H and O–H groups in total. The quantitative estimate of drug-likeness (QED) is 0.637. The zero-order chi connectivity index (χ0) is 9.97. The first-order valence-corrected chi connectivity index (χ1v) is 4.10. The van der Waals surface area contributed by atoms with Crippen molar-refractivity contribution in [2.75, 3.05) is 0 Å². The SMILES string of the molecule is Cn1ncnc1Cn1cnccc1=O. The van der Waals surface area contributed by atoms with E-state index in [9.17, 15) is 4.79 Å². The van der Waals surface area contributed by atoms with Gasteiger partial charge >= 0.3 is 0 Å².